The monoisotopic (exact) mass is 683 g/mol. The topological polar surface area (TPSA) is 38.7 Å². The second-order valence-corrected chi connectivity index (χ2v) is 28.3. The number of rotatable bonds is 11. The van der Waals surface area contributed by atoms with Gasteiger partial charge in [0.05, 0.1) is 17.8 Å². The summed E-state index contributed by atoms with van der Waals surface area (Å²) in [6, 6.07) is 0. The molecular formula is C42H74O3Si2. The zero-order valence-corrected chi connectivity index (χ0v) is 35.2. The van der Waals surface area contributed by atoms with Crippen molar-refractivity contribution in [1.82, 2.24) is 0 Å². The Morgan fingerprint density at radius 1 is 0.936 bits per heavy atom. The molecule has 3 aliphatic carbocycles. The highest BCUT2D eigenvalue weighted by molar-refractivity contribution is 6.74. The summed E-state index contributed by atoms with van der Waals surface area (Å²) in [5.41, 5.74) is 3.79. The van der Waals surface area contributed by atoms with Crippen LogP contribution in [0.5, 0.6) is 0 Å². The van der Waals surface area contributed by atoms with E-state index in [-0.39, 0.29) is 22.3 Å². The first-order chi connectivity index (χ1) is 21.5. The van der Waals surface area contributed by atoms with E-state index in [4.69, 9.17) is 15.4 Å². The summed E-state index contributed by atoms with van der Waals surface area (Å²) in [4.78, 5) is 0. The fraction of sp³-hybridized carbons (Fsp3) is 0.762. The first-order valence-corrected chi connectivity index (χ1v) is 24.8. The zero-order chi connectivity index (χ0) is 35.6. The average Bonchev–Trinajstić information content (AvgIpc) is 3.32. The molecule has 0 aromatic rings. The SMILES string of the molecule is C=C1/C(=C\C=C2\CCC[C@]3(C)[C@@H]([C@H](C)/C=C/C=C/C(O)(CC)CC)CC[C@@H]23)C[C@@H](O[Si](C)(C)C(C)(C)C)C[C@@H]1O[Si](C)(C)C(C)(C)C. The molecule has 5 heteroatoms. The van der Waals surface area contributed by atoms with Gasteiger partial charge in [-0.15, -0.1) is 0 Å². The van der Waals surface area contributed by atoms with Gasteiger partial charge in [-0.3, -0.25) is 0 Å². The maximum absolute atomic E-state index is 10.6. The Hall–Kier alpha value is -0.986. The number of hydrogen-bond donors (Lipinski definition) is 1. The van der Waals surface area contributed by atoms with Crippen LogP contribution in [-0.2, 0) is 8.85 Å². The second kappa shape index (κ2) is 15.1. The van der Waals surface area contributed by atoms with Crippen LogP contribution >= 0.6 is 0 Å². The van der Waals surface area contributed by atoms with Gasteiger partial charge >= 0.3 is 0 Å². The van der Waals surface area contributed by atoms with Crippen molar-refractivity contribution >= 4 is 16.6 Å². The molecule has 0 aliphatic heterocycles. The van der Waals surface area contributed by atoms with Gasteiger partial charge < -0.3 is 14.0 Å². The van der Waals surface area contributed by atoms with Crippen LogP contribution in [0.25, 0.3) is 0 Å². The van der Waals surface area contributed by atoms with Gasteiger partial charge in [-0.25, -0.2) is 0 Å². The van der Waals surface area contributed by atoms with E-state index < -0.39 is 22.2 Å². The van der Waals surface area contributed by atoms with E-state index in [1.807, 2.05) is 6.08 Å². The molecule has 6 atom stereocenters. The summed E-state index contributed by atoms with van der Waals surface area (Å²) in [7, 11) is -3.92. The van der Waals surface area contributed by atoms with Crippen molar-refractivity contribution in [1.29, 1.82) is 0 Å². The number of hydrogen-bond acceptors (Lipinski definition) is 3. The molecule has 0 saturated heterocycles. The van der Waals surface area contributed by atoms with Crippen LogP contribution < -0.4 is 0 Å². The van der Waals surface area contributed by atoms with Crippen LogP contribution in [0.3, 0.4) is 0 Å². The van der Waals surface area contributed by atoms with Gasteiger partial charge in [-0.1, -0.05) is 118 Å². The van der Waals surface area contributed by atoms with Crippen molar-refractivity contribution in [2.75, 3.05) is 0 Å². The molecule has 0 spiro atoms. The van der Waals surface area contributed by atoms with E-state index in [1.165, 1.54) is 43.3 Å². The Morgan fingerprint density at radius 2 is 1.53 bits per heavy atom. The van der Waals surface area contributed by atoms with Crippen molar-refractivity contribution in [3.63, 3.8) is 0 Å². The van der Waals surface area contributed by atoms with E-state index in [0.717, 1.165) is 25.7 Å². The molecule has 3 fully saturated rings. The molecule has 0 unspecified atom stereocenters. The lowest BCUT2D eigenvalue weighted by Crippen LogP contribution is -2.49. The smallest absolute Gasteiger partial charge is 0.192 e. The van der Waals surface area contributed by atoms with Crippen molar-refractivity contribution in [3.05, 3.63) is 59.8 Å². The quantitative estimate of drug-likeness (QED) is 0.174. The number of allylic oxidation sites excluding steroid dienone is 6. The fourth-order valence-corrected chi connectivity index (χ4v) is 10.7. The molecule has 0 aromatic carbocycles. The number of fused-ring (bicyclic) bond motifs is 1. The van der Waals surface area contributed by atoms with Gasteiger partial charge in [0, 0.05) is 6.42 Å². The highest BCUT2D eigenvalue weighted by Gasteiger charge is 2.50. The molecule has 268 valence electrons. The average molecular weight is 683 g/mol. The lowest BCUT2D eigenvalue weighted by atomic mass is 9.61. The third kappa shape index (κ3) is 9.42. The van der Waals surface area contributed by atoms with Crippen LogP contribution in [0, 0.1) is 23.2 Å². The van der Waals surface area contributed by atoms with E-state index in [0.29, 0.717) is 23.2 Å². The minimum absolute atomic E-state index is 0.0175. The fourth-order valence-electron chi connectivity index (χ4n) is 8.00. The van der Waals surface area contributed by atoms with Crippen LogP contribution in [0.15, 0.2) is 59.8 Å². The lowest BCUT2D eigenvalue weighted by molar-refractivity contribution is 0.0828. The van der Waals surface area contributed by atoms with Gasteiger partial charge in [0.15, 0.2) is 16.6 Å². The molecule has 0 heterocycles. The predicted molar refractivity (Wildman–Crippen MR) is 210 cm³/mol. The number of aliphatic hydroxyl groups is 1. The van der Waals surface area contributed by atoms with E-state index in [9.17, 15) is 5.11 Å². The van der Waals surface area contributed by atoms with E-state index in [2.05, 4.69) is 126 Å². The summed E-state index contributed by atoms with van der Waals surface area (Å²) in [5.74, 6) is 1.84. The van der Waals surface area contributed by atoms with Crippen LogP contribution in [0.4, 0.5) is 0 Å². The highest BCUT2D eigenvalue weighted by atomic mass is 28.4. The zero-order valence-electron chi connectivity index (χ0n) is 33.2. The molecule has 0 bridgehead atoms. The molecule has 3 rings (SSSR count). The van der Waals surface area contributed by atoms with Crippen molar-refractivity contribution in [2.45, 2.75) is 181 Å². The van der Waals surface area contributed by atoms with Gasteiger partial charge in [0.25, 0.3) is 0 Å². The standard InChI is InChI=1S/C42H74O3Si2/c1-16-42(43,17-2)28-19-18-21-31(3)36-25-26-37-33(22-20-27-41(36,37)11)23-24-34-29-35(44-46(12,13)39(5,6)7)30-38(32(34)4)45-47(14,15)40(8,9)10/h18-19,21,23-24,28,31,35-38,43H,4,16-17,20,22,25-27,29-30H2,1-3,5-15H3/b21-18+,28-19+,33-23-,34-24-/t31-,35-,36-,37+,38+,41-/m1/s1. The van der Waals surface area contributed by atoms with E-state index >= 15 is 0 Å². The summed E-state index contributed by atoms with van der Waals surface area (Å²) < 4.78 is 14.2. The van der Waals surface area contributed by atoms with Crippen LogP contribution in [0.2, 0.25) is 36.3 Å². The Morgan fingerprint density at radius 3 is 2.11 bits per heavy atom. The Kier molecular flexibility index (Phi) is 13.0. The molecule has 0 radical (unpaired) electrons. The maximum Gasteiger partial charge on any atom is 0.192 e. The van der Waals surface area contributed by atoms with E-state index in [1.54, 1.807) is 5.57 Å². The molecule has 0 aromatic heterocycles. The van der Waals surface area contributed by atoms with Gasteiger partial charge in [0.2, 0.25) is 0 Å². The normalized spacial score (nSPS) is 31.0. The minimum atomic E-state index is -1.99. The van der Waals surface area contributed by atoms with Crippen LogP contribution in [0.1, 0.15) is 127 Å². The maximum atomic E-state index is 10.6. The Balaban J connectivity index is 1.87. The Bertz CT molecular complexity index is 1200. The molecule has 47 heavy (non-hydrogen) atoms. The predicted octanol–water partition coefficient (Wildman–Crippen LogP) is 12.5. The van der Waals surface area contributed by atoms with Crippen molar-refractivity contribution < 1.29 is 14.0 Å². The largest absolute Gasteiger partial charge is 0.413 e. The summed E-state index contributed by atoms with van der Waals surface area (Å²) in [6.45, 7) is 37.3. The minimum Gasteiger partial charge on any atom is -0.413 e. The first-order valence-electron chi connectivity index (χ1n) is 19.0. The molecule has 0 amide bonds. The molecule has 3 aliphatic rings. The highest BCUT2D eigenvalue weighted by Crippen LogP contribution is 2.59. The summed E-state index contributed by atoms with van der Waals surface area (Å²) in [5, 5.41) is 11.0. The summed E-state index contributed by atoms with van der Waals surface area (Å²) in [6.07, 6.45) is 23.4. The first kappa shape index (κ1) is 40.4. The van der Waals surface area contributed by atoms with Gasteiger partial charge in [0.1, 0.15) is 0 Å². The van der Waals surface area contributed by atoms with Gasteiger partial charge in [-0.05, 0) is 122 Å². The third-order valence-corrected chi connectivity index (χ3v) is 22.6. The van der Waals surface area contributed by atoms with Crippen molar-refractivity contribution in [2.24, 2.45) is 23.2 Å². The summed E-state index contributed by atoms with van der Waals surface area (Å²) >= 11 is 0. The lowest BCUT2D eigenvalue weighted by Gasteiger charge is -2.45. The molecule has 3 saturated carbocycles. The van der Waals surface area contributed by atoms with Crippen molar-refractivity contribution in [3.8, 4) is 0 Å². The molecule has 3 nitrogen and oxygen atoms in total. The third-order valence-electron chi connectivity index (χ3n) is 13.6. The second-order valence-electron chi connectivity index (χ2n) is 18.8. The van der Waals surface area contributed by atoms with Crippen LogP contribution in [-0.4, -0.2) is 39.6 Å². The Labute approximate surface area is 293 Å². The molecule has 1 N–H and O–H groups in total. The molecular weight excluding hydrogens is 609 g/mol. The van der Waals surface area contributed by atoms with Gasteiger partial charge in [-0.2, -0.15) is 0 Å².